The fourth-order valence-corrected chi connectivity index (χ4v) is 5.98. The Bertz CT molecular complexity index is 1590. The molecule has 0 spiro atoms. The number of aromatic nitrogens is 3. The molecule has 2 atom stereocenters. The number of aliphatic carboxylic acids is 1. The van der Waals surface area contributed by atoms with Crippen LogP contribution in [-0.4, -0.2) is 44.2 Å². The lowest BCUT2D eigenvalue weighted by molar-refractivity contribution is -0.137. The van der Waals surface area contributed by atoms with Gasteiger partial charge in [0.1, 0.15) is 21.9 Å². The highest BCUT2D eigenvalue weighted by atomic mass is 32.2. The molecule has 4 rings (SSSR count). The minimum atomic E-state index is -4.40. The molecule has 3 aromatic rings. The van der Waals surface area contributed by atoms with Crippen molar-refractivity contribution in [2.45, 2.75) is 51.3 Å². The molecule has 1 aliphatic rings. The predicted molar refractivity (Wildman–Crippen MR) is 138 cm³/mol. The topological polar surface area (TPSA) is 114 Å². The van der Waals surface area contributed by atoms with Crippen molar-refractivity contribution >= 4 is 32.7 Å². The number of nitrogens with zero attached hydrogens (tertiary/aromatic N) is 3. The van der Waals surface area contributed by atoms with E-state index < -0.39 is 49.7 Å². The van der Waals surface area contributed by atoms with Crippen molar-refractivity contribution in [3.8, 4) is 11.4 Å². The Morgan fingerprint density at radius 2 is 1.95 bits per heavy atom. The second-order valence-electron chi connectivity index (χ2n) is 10.5. The second-order valence-corrected chi connectivity index (χ2v) is 12.8. The molecule has 12 heteroatoms. The van der Waals surface area contributed by atoms with Crippen LogP contribution in [0.3, 0.4) is 0 Å². The Morgan fingerprint density at radius 3 is 2.58 bits per heavy atom. The predicted octanol–water partition coefficient (Wildman–Crippen LogP) is 5.43. The van der Waals surface area contributed by atoms with Crippen LogP contribution in [0.15, 0.2) is 54.6 Å². The van der Waals surface area contributed by atoms with E-state index in [2.05, 4.69) is 15.3 Å². The van der Waals surface area contributed by atoms with Crippen molar-refractivity contribution in [3.63, 3.8) is 0 Å². The molecule has 0 saturated carbocycles. The molecule has 0 saturated heterocycles. The molecule has 8 nitrogen and oxygen atoms in total. The molecule has 0 amide bonds. The summed E-state index contributed by atoms with van der Waals surface area (Å²) in [6.45, 7) is 6.69. The first-order valence-electron chi connectivity index (χ1n) is 11.7. The SMILES string of the molecule is CC(C)(C)C(CC(=O)O)Nc1nc(-c2cn(S(=O)(=O)C3(C)C=C(F)C=CC3)c3c(F)cccc23)ncc1F. The largest absolute Gasteiger partial charge is 0.481 e. The first-order chi connectivity index (χ1) is 17.6. The van der Waals surface area contributed by atoms with Crippen LogP contribution in [0.4, 0.5) is 19.0 Å². The first-order valence-corrected chi connectivity index (χ1v) is 13.2. The molecule has 2 unspecified atom stereocenters. The molecule has 2 N–H and O–H groups in total. The lowest BCUT2D eigenvalue weighted by Crippen LogP contribution is -2.38. The number of carboxylic acid groups (broad SMARTS) is 1. The number of benzene rings is 1. The zero-order valence-electron chi connectivity index (χ0n) is 21.2. The smallest absolute Gasteiger partial charge is 0.305 e. The molecule has 0 bridgehead atoms. The van der Waals surface area contributed by atoms with Gasteiger partial charge in [-0.2, -0.15) is 0 Å². The molecule has 1 aromatic carbocycles. The summed E-state index contributed by atoms with van der Waals surface area (Å²) < 4.78 is 70.4. The molecule has 1 aliphatic carbocycles. The van der Waals surface area contributed by atoms with Crippen molar-refractivity contribution in [2.24, 2.45) is 5.41 Å². The maximum Gasteiger partial charge on any atom is 0.305 e. The van der Waals surface area contributed by atoms with Crippen molar-refractivity contribution in [3.05, 3.63) is 66.3 Å². The Hall–Kier alpha value is -3.67. The molecule has 2 aromatic heterocycles. The fraction of sp³-hybridized carbons (Fsp3) is 0.346. The van der Waals surface area contributed by atoms with E-state index in [0.29, 0.717) is 0 Å². The van der Waals surface area contributed by atoms with E-state index in [1.54, 1.807) is 20.8 Å². The summed E-state index contributed by atoms with van der Waals surface area (Å²) >= 11 is 0. The highest BCUT2D eigenvalue weighted by Crippen LogP contribution is 2.38. The molecule has 0 fully saturated rings. The summed E-state index contributed by atoms with van der Waals surface area (Å²) in [4.78, 5) is 19.6. The van der Waals surface area contributed by atoms with Crippen molar-refractivity contribution in [1.29, 1.82) is 0 Å². The Balaban J connectivity index is 1.88. The van der Waals surface area contributed by atoms with Gasteiger partial charge in [0.25, 0.3) is 0 Å². The zero-order chi connectivity index (χ0) is 28.0. The van der Waals surface area contributed by atoms with Crippen molar-refractivity contribution in [2.75, 3.05) is 5.32 Å². The number of carboxylic acids is 1. The quantitative estimate of drug-likeness (QED) is 0.405. The number of hydrogen-bond acceptors (Lipinski definition) is 6. The number of fused-ring (bicyclic) bond motifs is 1. The van der Waals surface area contributed by atoms with Crippen LogP contribution in [-0.2, 0) is 14.8 Å². The van der Waals surface area contributed by atoms with E-state index in [9.17, 15) is 27.1 Å². The summed E-state index contributed by atoms with van der Waals surface area (Å²) in [5.41, 5.74) is -0.778. The van der Waals surface area contributed by atoms with Crippen molar-refractivity contribution in [1.82, 2.24) is 13.9 Å². The van der Waals surface area contributed by atoms with Gasteiger partial charge in [-0.1, -0.05) is 39.0 Å². The lowest BCUT2D eigenvalue weighted by atomic mass is 9.85. The third-order valence-corrected chi connectivity index (χ3v) is 8.82. The number of anilines is 1. The Kier molecular flexibility index (Phi) is 6.89. The van der Waals surface area contributed by atoms with Crippen LogP contribution in [0.25, 0.3) is 22.3 Å². The van der Waals surface area contributed by atoms with Gasteiger partial charge in [0.15, 0.2) is 17.5 Å². The van der Waals surface area contributed by atoms with Gasteiger partial charge in [0.05, 0.1) is 12.6 Å². The fourth-order valence-electron chi connectivity index (χ4n) is 4.30. The second kappa shape index (κ2) is 9.57. The highest BCUT2D eigenvalue weighted by Gasteiger charge is 2.41. The van der Waals surface area contributed by atoms with E-state index in [1.165, 1.54) is 25.1 Å². The van der Waals surface area contributed by atoms with Gasteiger partial charge in [-0.3, -0.25) is 4.79 Å². The molecular formula is C26H27F3N4O4S. The molecule has 0 radical (unpaired) electrons. The zero-order valence-corrected chi connectivity index (χ0v) is 22.0. The van der Waals surface area contributed by atoms with Crippen LogP contribution in [0.5, 0.6) is 0 Å². The lowest BCUT2D eigenvalue weighted by Gasteiger charge is -2.30. The molecule has 0 aliphatic heterocycles. The number of nitrogens with one attached hydrogen (secondary N) is 1. The molecule has 38 heavy (non-hydrogen) atoms. The third-order valence-electron chi connectivity index (χ3n) is 6.56. The van der Waals surface area contributed by atoms with Crippen LogP contribution >= 0.6 is 0 Å². The molecular weight excluding hydrogens is 521 g/mol. The number of carbonyl (C=O) groups is 1. The Labute approximate surface area is 218 Å². The molecule has 2 heterocycles. The average Bonchev–Trinajstić information content (AvgIpc) is 3.21. The van der Waals surface area contributed by atoms with E-state index in [1.807, 2.05) is 0 Å². The Morgan fingerprint density at radius 1 is 1.24 bits per heavy atom. The maximum atomic E-state index is 15.1. The van der Waals surface area contributed by atoms with E-state index >= 15 is 4.39 Å². The van der Waals surface area contributed by atoms with E-state index in [-0.39, 0.29) is 41.0 Å². The van der Waals surface area contributed by atoms with Crippen molar-refractivity contribution < 1.29 is 31.5 Å². The normalized spacial score (nSPS) is 18.9. The number of allylic oxidation sites excluding steroid dienone is 3. The standard InChI is InChI=1S/C26H27F3N4O4S/c1-25(2,3)20(11-21(34)35)31-24-19(29)13-30-23(32-24)17-14-33(22-16(17)8-5-9-18(22)28)38(36,37)26(4)10-6-7-15(27)12-26/h5-9,12-14,20H,10-11H2,1-4H3,(H,34,35)(H,30,31,32). The number of para-hydroxylation sites is 1. The summed E-state index contributed by atoms with van der Waals surface area (Å²) in [5.74, 6) is -3.91. The van der Waals surface area contributed by atoms with Gasteiger partial charge < -0.3 is 10.4 Å². The molecule has 202 valence electrons. The summed E-state index contributed by atoms with van der Waals surface area (Å²) in [6, 6.07) is 3.24. The summed E-state index contributed by atoms with van der Waals surface area (Å²) in [5, 5.41) is 12.3. The average molecular weight is 549 g/mol. The van der Waals surface area contributed by atoms with E-state index in [4.69, 9.17) is 0 Å². The monoisotopic (exact) mass is 548 g/mol. The highest BCUT2D eigenvalue weighted by molar-refractivity contribution is 7.91. The minimum Gasteiger partial charge on any atom is -0.481 e. The first kappa shape index (κ1) is 27.4. The van der Waals surface area contributed by atoms with Gasteiger partial charge in [-0.25, -0.2) is 35.5 Å². The minimum absolute atomic E-state index is 0.0366. The number of halogens is 3. The van der Waals surface area contributed by atoms with Crippen LogP contribution in [0.1, 0.15) is 40.5 Å². The number of hydrogen-bond donors (Lipinski definition) is 2. The van der Waals surface area contributed by atoms with Crippen LogP contribution in [0, 0.1) is 17.0 Å². The summed E-state index contributed by atoms with van der Waals surface area (Å²) in [6.07, 6.45) is 5.17. The van der Waals surface area contributed by atoms with Gasteiger partial charge in [0.2, 0.25) is 10.0 Å². The van der Waals surface area contributed by atoms with Crippen LogP contribution < -0.4 is 5.32 Å². The van der Waals surface area contributed by atoms with Gasteiger partial charge in [0, 0.05) is 23.2 Å². The maximum absolute atomic E-state index is 15.1. The number of rotatable bonds is 7. The third kappa shape index (κ3) is 4.92. The van der Waals surface area contributed by atoms with Gasteiger partial charge in [-0.15, -0.1) is 0 Å². The van der Waals surface area contributed by atoms with Gasteiger partial charge in [-0.05, 0) is 37.0 Å². The summed E-state index contributed by atoms with van der Waals surface area (Å²) in [7, 11) is -4.40. The van der Waals surface area contributed by atoms with Crippen LogP contribution in [0.2, 0.25) is 0 Å². The van der Waals surface area contributed by atoms with Gasteiger partial charge >= 0.3 is 5.97 Å². The van der Waals surface area contributed by atoms with E-state index in [0.717, 1.165) is 34.6 Å².